The van der Waals surface area contributed by atoms with Gasteiger partial charge in [0.1, 0.15) is 0 Å². The minimum atomic E-state index is -0.751. The standard InChI is InChI=1S/C13H10Br2N2O3/c1-7-6-17(10-5-8(14)3-4-9(10)15)16-11(12(7)18)13(19)20-2/h3-6H,1-2H3. The first-order chi connectivity index (χ1) is 9.43. The van der Waals surface area contributed by atoms with Crippen LogP contribution in [0.4, 0.5) is 0 Å². The molecule has 1 aromatic heterocycles. The predicted molar refractivity (Wildman–Crippen MR) is 81.3 cm³/mol. The second-order valence-corrected chi connectivity index (χ2v) is 5.79. The number of aromatic nitrogens is 2. The van der Waals surface area contributed by atoms with Gasteiger partial charge in [-0.25, -0.2) is 9.48 Å². The topological polar surface area (TPSA) is 61.2 Å². The SMILES string of the molecule is COC(=O)c1nn(-c2cc(Br)ccc2Br)cc(C)c1=O. The number of hydrogen-bond donors (Lipinski definition) is 0. The maximum atomic E-state index is 11.9. The molecule has 2 aromatic rings. The van der Waals surface area contributed by atoms with Gasteiger partial charge in [-0.15, -0.1) is 0 Å². The summed E-state index contributed by atoms with van der Waals surface area (Å²) in [6.07, 6.45) is 1.57. The number of carbonyl (C=O) groups is 1. The average Bonchev–Trinajstić information content (AvgIpc) is 2.43. The Morgan fingerprint density at radius 1 is 1.35 bits per heavy atom. The van der Waals surface area contributed by atoms with E-state index in [9.17, 15) is 9.59 Å². The van der Waals surface area contributed by atoms with E-state index in [0.717, 1.165) is 8.95 Å². The molecule has 5 nitrogen and oxygen atoms in total. The van der Waals surface area contributed by atoms with Crippen molar-refractivity contribution in [3.8, 4) is 5.69 Å². The molecule has 1 aromatic carbocycles. The molecule has 0 amide bonds. The van der Waals surface area contributed by atoms with E-state index >= 15 is 0 Å². The van der Waals surface area contributed by atoms with Crippen LogP contribution in [0.2, 0.25) is 0 Å². The first-order valence-corrected chi connectivity index (χ1v) is 7.17. The van der Waals surface area contributed by atoms with Gasteiger partial charge in [0, 0.05) is 20.7 Å². The molecule has 2 rings (SSSR count). The Labute approximate surface area is 131 Å². The molecule has 0 bridgehead atoms. The van der Waals surface area contributed by atoms with Crippen LogP contribution in [0.3, 0.4) is 0 Å². The third-order valence-electron chi connectivity index (χ3n) is 2.63. The van der Waals surface area contributed by atoms with Gasteiger partial charge in [-0.05, 0) is 41.1 Å². The molecule has 0 aliphatic carbocycles. The number of methoxy groups -OCH3 is 1. The molecular weight excluding hydrogens is 392 g/mol. The van der Waals surface area contributed by atoms with Crippen molar-refractivity contribution in [1.29, 1.82) is 0 Å². The molecule has 0 aliphatic heterocycles. The number of ether oxygens (including phenoxy) is 1. The van der Waals surface area contributed by atoms with Crippen LogP contribution in [0.1, 0.15) is 16.1 Å². The van der Waals surface area contributed by atoms with E-state index in [1.807, 2.05) is 18.2 Å². The molecule has 0 spiro atoms. The highest BCUT2D eigenvalue weighted by Crippen LogP contribution is 2.24. The van der Waals surface area contributed by atoms with Crippen molar-refractivity contribution in [2.24, 2.45) is 0 Å². The van der Waals surface area contributed by atoms with Gasteiger partial charge in [-0.3, -0.25) is 4.79 Å². The number of esters is 1. The fraction of sp³-hybridized carbons (Fsp3) is 0.154. The lowest BCUT2D eigenvalue weighted by Crippen LogP contribution is -2.24. The monoisotopic (exact) mass is 400 g/mol. The molecule has 0 aliphatic rings. The Morgan fingerprint density at radius 3 is 2.70 bits per heavy atom. The fourth-order valence-electron chi connectivity index (χ4n) is 1.63. The maximum absolute atomic E-state index is 11.9. The molecule has 0 radical (unpaired) electrons. The minimum Gasteiger partial charge on any atom is -0.464 e. The van der Waals surface area contributed by atoms with Crippen molar-refractivity contribution in [3.63, 3.8) is 0 Å². The zero-order chi connectivity index (χ0) is 14.9. The Balaban J connectivity index is 2.70. The quantitative estimate of drug-likeness (QED) is 0.726. The first kappa shape index (κ1) is 14.9. The van der Waals surface area contributed by atoms with E-state index in [1.165, 1.54) is 11.8 Å². The number of halogens is 2. The summed E-state index contributed by atoms with van der Waals surface area (Å²) in [7, 11) is 1.21. The molecule has 0 fully saturated rings. The molecule has 104 valence electrons. The summed E-state index contributed by atoms with van der Waals surface area (Å²) in [4.78, 5) is 23.5. The number of aryl methyl sites for hydroxylation is 1. The second kappa shape index (κ2) is 5.88. The lowest BCUT2D eigenvalue weighted by molar-refractivity contribution is 0.0590. The van der Waals surface area contributed by atoms with Crippen molar-refractivity contribution < 1.29 is 9.53 Å². The highest BCUT2D eigenvalue weighted by atomic mass is 79.9. The highest BCUT2D eigenvalue weighted by Gasteiger charge is 2.16. The smallest absolute Gasteiger partial charge is 0.362 e. The third kappa shape index (κ3) is 2.83. The van der Waals surface area contributed by atoms with Gasteiger partial charge in [0.05, 0.1) is 12.8 Å². The highest BCUT2D eigenvalue weighted by molar-refractivity contribution is 9.11. The van der Waals surface area contributed by atoms with E-state index in [-0.39, 0.29) is 5.69 Å². The molecular formula is C13H10Br2N2O3. The summed E-state index contributed by atoms with van der Waals surface area (Å²) >= 11 is 6.79. The van der Waals surface area contributed by atoms with Crippen LogP contribution in [0.5, 0.6) is 0 Å². The average molecular weight is 402 g/mol. The molecule has 0 saturated heterocycles. The predicted octanol–water partition coefficient (Wildman–Crippen LogP) is 2.85. The van der Waals surface area contributed by atoms with E-state index in [0.29, 0.717) is 11.3 Å². The van der Waals surface area contributed by atoms with Crippen LogP contribution in [-0.2, 0) is 4.74 Å². The van der Waals surface area contributed by atoms with Crippen molar-refractivity contribution in [2.45, 2.75) is 6.92 Å². The van der Waals surface area contributed by atoms with Gasteiger partial charge in [-0.2, -0.15) is 5.10 Å². The normalized spacial score (nSPS) is 10.4. The number of benzene rings is 1. The second-order valence-electron chi connectivity index (χ2n) is 4.02. The lowest BCUT2D eigenvalue weighted by atomic mass is 10.2. The maximum Gasteiger partial charge on any atom is 0.362 e. The van der Waals surface area contributed by atoms with E-state index in [2.05, 4.69) is 41.7 Å². The molecule has 1 heterocycles. The van der Waals surface area contributed by atoms with Crippen LogP contribution >= 0.6 is 31.9 Å². The van der Waals surface area contributed by atoms with Crippen LogP contribution in [0.25, 0.3) is 5.69 Å². The van der Waals surface area contributed by atoms with Crippen LogP contribution in [0.15, 0.2) is 38.1 Å². The van der Waals surface area contributed by atoms with Gasteiger partial charge >= 0.3 is 5.97 Å². The van der Waals surface area contributed by atoms with Crippen molar-refractivity contribution in [3.05, 3.63) is 54.8 Å². The summed E-state index contributed by atoms with van der Waals surface area (Å²) in [5.41, 5.74) is 0.443. The fourth-order valence-corrected chi connectivity index (χ4v) is 2.40. The molecule has 0 unspecified atom stereocenters. The zero-order valence-electron chi connectivity index (χ0n) is 10.7. The van der Waals surface area contributed by atoms with Gasteiger partial charge in [0.2, 0.25) is 11.1 Å². The summed E-state index contributed by atoms with van der Waals surface area (Å²) in [6, 6.07) is 5.53. The van der Waals surface area contributed by atoms with Gasteiger partial charge in [-0.1, -0.05) is 15.9 Å². The molecule has 0 saturated carbocycles. The largest absolute Gasteiger partial charge is 0.464 e. The van der Waals surface area contributed by atoms with Gasteiger partial charge in [0.25, 0.3) is 0 Å². The molecule has 0 N–H and O–H groups in total. The van der Waals surface area contributed by atoms with E-state index in [4.69, 9.17) is 0 Å². The van der Waals surface area contributed by atoms with Crippen molar-refractivity contribution in [2.75, 3.05) is 7.11 Å². The summed E-state index contributed by atoms with van der Waals surface area (Å²) in [5, 5.41) is 4.05. The summed E-state index contributed by atoms with van der Waals surface area (Å²) < 4.78 is 7.69. The van der Waals surface area contributed by atoms with Gasteiger partial charge in [0.15, 0.2) is 0 Å². The molecule has 7 heteroatoms. The van der Waals surface area contributed by atoms with Crippen molar-refractivity contribution in [1.82, 2.24) is 9.78 Å². The molecule has 20 heavy (non-hydrogen) atoms. The number of rotatable bonds is 2. The van der Waals surface area contributed by atoms with Crippen LogP contribution in [0, 0.1) is 6.92 Å². The Hall–Kier alpha value is -1.47. The lowest BCUT2D eigenvalue weighted by Gasteiger charge is -2.10. The third-order valence-corrected chi connectivity index (χ3v) is 3.79. The summed E-state index contributed by atoms with van der Waals surface area (Å²) in [6.45, 7) is 1.62. The van der Waals surface area contributed by atoms with E-state index in [1.54, 1.807) is 13.1 Å². The number of hydrogen-bond acceptors (Lipinski definition) is 4. The van der Waals surface area contributed by atoms with Gasteiger partial charge < -0.3 is 4.74 Å². The first-order valence-electron chi connectivity index (χ1n) is 5.58. The minimum absolute atomic E-state index is 0.237. The summed E-state index contributed by atoms with van der Waals surface area (Å²) in [5.74, 6) is -0.751. The molecule has 0 atom stereocenters. The van der Waals surface area contributed by atoms with Crippen LogP contribution in [-0.4, -0.2) is 22.9 Å². The van der Waals surface area contributed by atoms with Crippen LogP contribution < -0.4 is 5.43 Å². The number of nitrogens with zero attached hydrogens (tertiary/aromatic N) is 2. The Bertz CT molecular complexity index is 741. The van der Waals surface area contributed by atoms with E-state index < -0.39 is 11.4 Å². The van der Waals surface area contributed by atoms with Crippen molar-refractivity contribution >= 4 is 37.8 Å². The Morgan fingerprint density at radius 2 is 2.05 bits per heavy atom. The zero-order valence-corrected chi connectivity index (χ0v) is 13.9. The Kier molecular flexibility index (Phi) is 4.39. The number of carbonyl (C=O) groups excluding carboxylic acids is 1.